The summed E-state index contributed by atoms with van der Waals surface area (Å²) < 4.78 is 90.0. The van der Waals surface area contributed by atoms with Crippen molar-refractivity contribution in [2.75, 3.05) is 142 Å². The molecule has 8 aliphatic heterocycles. The summed E-state index contributed by atoms with van der Waals surface area (Å²) in [6, 6.07) is 37.5. The first-order chi connectivity index (χ1) is 61.6. The summed E-state index contributed by atoms with van der Waals surface area (Å²) in [7, 11) is 2.77. The molecule has 8 fully saturated rings. The molecule has 8 saturated heterocycles. The van der Waals surface area contributed by atoms with Gasteiger partial charge in [-0.2, -0.15) is 0 Å². The number of hydrogen-bond acceptors (Lipinski definition) is 19. The van der Waals surface area contributed by atoms with Crippen LogP contribution in [0.1, 0.15) is 187 Å². The molecule has 25 nitrogen and oxygen atoms in total. The van der Waals surface area contributed by atoms with E-state index in [-0.39, 0.29) is 65.1 Å². The molecule has 0 bridgehead atoms. The van der Waals surface area contributed by atoms with Crippen molar-refractivity contribution in [2.24, 2.45) is 53.1 Å². The second-order valence-corrected chi connectivity index (χ2v) is 38.2. The zero-order valence-electron chi connectivity index (χ0n) is 76.7. The van der Waals surface area contributed by atoms with Crippen LogP contribution in [-0.2, 0) is 48.3 Å². The van der Waals surface area contributed by atoms with Gasteiger partial charge in [0.05, 0.1) is 18.3 Å². The third-order valence-electron chi connectivity index (χ3n) is 24.8. The van der Waals surface area contributed by atoms with E-state index >= 15 is 0 Å². The van der Waals surface area contributed by atoms with Gasteiger partial charge in [-0.1, -0.05) is 91.0 Å². The van der Waals surface area contributed by atoms with E-state index < -0.39 is 29.9 Å². The lowest BCUT2D eigenvalue weighted by Crippen LogP contribution is -2.45. The number of carbonyl (C=O) groups excluding carboxylic acids is 5. The molecule has 2 aromatic heterocycles. The van der Waals surface area contributed by atoms with Crippen molar-refractivity contribution < 1.29 is 79.2 Å². The Balaban J connectivity index is 0.000000197. The Bertz CT molecular complexity index is 4000. The molecule has 33 heteroatoms. The highest BCUT2D eigenvalue weighted by atomic mass is 79.9. The van der Waals surface area contributed by atoms with Crippen molar-refractivity contribution in [3.05, 3.63) is 149 Å². The molecule has 10 heterocycles. The third kappa shape index (κ3) is 43.1. The van der Waals surface area contributed by atoms with E-state index in [1.807, 2.05) is 46.4 Å². The lowest BCUT2D eigenvalue weighted by molar-refractivity contribution is -0.275. The molecule has 129 heavy (non-hydrogen) atoms. The molecule has 5 aromatic rings. The molecule has 0 saturated carbocycles. The van der Waals surface area contributed by atoms with Crippen LogP contribution in [0.3, 0.4) is 0 Å². The molecule has 8 aliphatic rings. The van der Waals surface area contributed by atoms with E-state index in [0.29, 0.717) is 100 Å². The molecule has 3 aromatic carbocycles. The topological polar surface area (TPSA) is 282 Å². The molecular formula is C96H144BrF6N14O11P. The number of nitrogens with zero attached hydrogens (tertiary/aromatic N) is 9. The molecule has 718 valence electrons. The average molecular weight is 1900 g/mol. The third-order valence-corrected chi connectivity index (χ3v) is 25.8. The summed E-state index contributed by atoms with van der Waals surface area (Å²) in [5.74, 6) is 2.62. The minimum Gasteiger partial charge on any atom is -0.481 e. The fourth-order valence-corrected chi connectivity index (χ4v) is 17.8. The number of rotatable bonds is 25. The number of benzene rings is 3. The first-order valence-corrected chi connectivity index (χ1v) is 48.2. The van der Waals surface area contributed by atoms with Gasteiger partial charge in [-0.25, -0.2) is 19.6 Å². The fraction of sp³-hybridized carbons (Fsp3) is 0.646. The van der Waals surface area contributed by atoms with Gasteiger partial charge in [-0.15, -0.1) is 35.6 Å². The van der Waals surface area contributed by atoms with Crippen molar-refractivity contribution in [1.82, 2.24) is 60.6 Å². The summed E-state index contributed by atoms with van der Waals surface area (Å²) in [6.45, 7) is 32.2. The highest BCUT2D eigenvalue weighted by Crippen LogP contribution is 2.31. The average Bonchev–Trinajstić information content (AvgIpc) is 0.834. The van der Waals surface area contributed by atoms with Gasteiger partial charge < -0.3 is 65.8 Å². The Labute approximate surface area is 771 Å². The Morgan fingerprint density at radius 3 is 1.07 bits per heavy atom. The summed E-state index contributed by atoms with van der Waals surface area (Å²) in [6.07, 6.45) is 13.3. The monoisotopic (exact) mass is 1890 g/mol. The molecule has 0 radical (unpaired) electrons. The summed E-state index contributed by atoms with van der Waals surface area (Å²) in [5, 5.41) is 21.5. The standard InChI is InChI=1S/C25H39N3O3.C20H30F3N4O2P.C20H31N3O.C14H22N2.C11H19NO4.C6H3BrF3NO/c1-25(2,3)31-24(30)28-17-12-22(13-18-28)23(29)26-14-9-20-10-15-27(16-11-20)19-21-7-5-4-6-8-21;21-20(22,23)29-17-1-2-18(25-13-17)27-11-6-16(7-12-27)19(28)24-8-3-15-4-9-26(14-30)10-5-15;24-20(19-7-11-21-12-8-19)22-13-6-17-9-14-23(15-10-17)16-18-4-2-1-3-5-18;15-9-6-13-7-10-16(11-8-13)12-14-4-2-1-3-5-14;1-11(2,3)16-10(15)12-6-4-8(5-7-12)9(13)14;7-5-2-1-4(3-11-5)12-6(8,9)10/h4-8,20,22H,9-19H2,1-3H3,(H,26,29);1-2,13,15-16H,3-12,14,30H2,(H,24,28);1-5,17,19,21H,6-16H2,(H,22,24);1-5,13H,6-12,15H2;8H,4-7H2,1-3H3,(H,13,14);1-3H. The number of amides is 5. The maximum Gasteiger partial charge on any atom is 0.573 e. The van der Waals surface area contributed by atoms with Crippen molar-refractivity contribution in [1.29, 1.82) is 0 Å². The number of aliphatic carboxylic acids is 1. The minimum absolute atomic E-state index is 0.00593. The molecule has 1 unspecified atom stereocenters. The van der Waals surface area contributed by atoms with Gasteiger partial charge in [-0.05, 0) is 323 Å². The van der Waals surface area contributed by atoms with Crippen LogP contribution in [0.5, 0.6) is 11.5 Å². The van der Waals surface area contributed by atoms with E-state index in [1.54, 1.807) is 9.80 Å². The number of anilines is 1. The van der Waals surface area contributed by atoms with Crippen LogP contribution in [0, 0.1) is 47.3 Å². The quantitative estimate of drug-likeness (QED) is 0.0180. The predicted molar refractivity (Wildman–Crippen MR) is 498 cm³/mol. The van der Waals surface area contributed by atoms with Crippen LogP contribution in [-0.4, -0.2) is 241 Å². The van der Waals surface area contributed by atoms with E-state index in [0.717, 1.165) is 148 Å². The van der Waals surface area contributed by atoms with Crippen LogP contribution in [0.4, 0.5) is 41.7 Å². The SMILES string of the molecule is CC(C)(C)OC(=O)N1CCC(C(=O)NCCC2CCN(Cc3ccccc3)CC2)CC1.CC(C)(C)OC(=O)N1CCC(C(=O)O)CC1.FC(F)(F)Oc1ccc(Br)nc1.NCCC1CCN(Cc2ccccc2)CC1.O=C(NCCC1CCN(CP)CC1)C1CCN(c2ccc(OC(F)(F)F)cn2)CC1.O=C(NCCC1CCN(Cc2ccccc2)CC1)C1CCNCC1. The number of halogens is 7. The summed E-state index contributed by atoms with van der Waals surface area (Å²) >= 11 is 2.98. The Hall–Kier alpha value is -7.97. The first kappa shape index (κ1) is 106. The first-order valence-electron chi connectivity index (χ1n) is 46.6. The van der Waals surface area contributed by atoms with Gasteiger partial charge in [0.25, 0.3) is 0 Å². The Kier molecular flexibility index (Phi) is 45.8. The number of nitrogens with two attached hydrogens (primary N) is 1. The normalized spacial score (nSPS) is 18.7. The van der Waals surface area contributed by atoms with Crippen LogP contribution < -0.4 is 41.4 Å². The van der Waals surface area contributed by atoms with E-state index in [4.69, 9.17) is 20.3 Å². The second kappa shape index (κ2) is 55.5. The molecule has 13 rings (SSSR count). The smallest absolute Gasteiger partial charge is 0.481 e. The molecule has 7 N–H and O–H groups in total. The molecular weight excluding hydrogens is 1750 g/mol. The van der Waals surface area contributed by atoms with E-state index in [9.17, 15) is 55.1 Å². The number of ether oxygens (including phenoxy) is 4. The van der Waals surface area contributed by atoms with E-state index in [2.05, 4.69) is 176 Å². The van der Waals surface area contributed by atoms with Crippen LogP contribution >= 0.6 is 25.2 Å². The number of carboxylic acid groups (broad SMARTS) is 1. The number of likely N-dealkylation sites (tertiary alicyclic amines) is 6. The number of carbonyl (C=O) groups is 6. The molecule has 1 atom stereocenters. The number of piperidine rings is 8. The number of hydrogen-bond donors (Lipinski definition) is 6. The van der Waals surface area contributed by atoms with Crippen LogP contribution in [0.15, 0.2) is 132 Å². The Morgan fingerprint density at radius 1 is 0.434 bits per heavy atom. The molecule has 5 amide bonds. The van der Waals surface area contributed by atoms with E-state index in [1.165, 1.54) is 125 Å². The van der Waals surface area contributed by atoms with Gasteiger partial charge in [0, 0.05) is 103 Å². The van der Waals surface area contributed by atoms with Gasteiger partial charge in [0.1, 0.15) is 33.1 Å². The minimum atomic E-state index is -4.72. The largest absolute Gasteiger partial charge is 0.573 e. The summed E-state index contributed by atoms with van der Waals surface area (Å²) in [5.41, 5.74) is 8.84. The van der Waals surface area contributed by atoms with Gasteiger partial charge >= 0.3 is 30.9 Å². The Morgan fingerprint density at radius 2 is 0.760 bits per heavy atom. The molecule has 0 aliphatic carbocycles. The molecule has 0 spiro atoms. The van der Waals surface area contributed by atoms with Crippen LogP contribution in [0.25, 0.3) is 0 Å². The lowest BCUT2D eigenvalue weighted by Gasteiger charge is -2.33. The maximum atomic E-state index is 12.5. The van der Waals surface area contributed by atoms with Crippen molar-refractivity contribution in [2.45, 2.75) is 214 Å². The second-order valence-electron chi connectivity index (χ2n) is 37.0. The van der Waals surface area contributed by atoms with Crippen molar-refractivity contribution in [3.63, 3.8) is 0 Å². The number of alkyl halides is 6. The summed E-state index contributed by atoms with van der Waals surface area (Å²) in [4.78, 5) is 94.7. The number of pyridine rings is 2. The number of carboxylic acids is 1. The number of aromatic nitrogens is 2. The van der Waals surface area contributed by atoms with Gasteiger partial charge in [0.15, 0.2) is 0 Å². The highest BCUT2D eigenvalue weighted by Gasteiger charge is 2.36. The zero-order chi connectivity index (χ0) is 93.2. The highest BCUT2D eigenvalue weighted by molar-refractivity contribution is 9.10. The maximum absolute atomic E-state index is 12.5. The van der Waals surface area contributed by atoms with Gasteiger partial charge in [0.2, 0.25) is 17.7 Å². The van der Waals surface area contributed by atoms with Crippen LogP contribution in [0.2, 0.25) is 0 Å². The zero-order valence-corrected chi connectivity index (χ0v) is 79.5. The van der Waals surface area contributed by atoms with Crippen molar-refractivity contribution in [3.8, 4) is 11.5 Å². The number of nitrogens with one attached hydrogen (secondary N) is 4. The fourth-order valence-electron chi connectivity index (χ4n) is 17.2. The lowest BCUT2D eigenvalue weighted by atomic mass is 9.92. The van der Waals surface area contributed by atoms with Gasteiger partial charge in [-0.3, -0.25) is 38.8 Å². The predicted octanol–water partition coefficient (Wildman–Crippen LogP) is 16.4. The van der Waals surface area contributed by atoms with Crippen molar-refractivity contribution >= 4 is 66.9 Å².